The van der Waals surface area contributed by atoms with Crippen molar-refractivity contribution in [2.45, 2.75) is 12.0 Å². The Bertz CT molecular complexity index is 769. The van der Waals surface area contributed by atoms with Crippen molar-refractivity contribution in [3.8, 4) is 0 Å². The molecule has 0 saturated carbocycles. The molecule has 0 aliphatic heterocycles. The van der Waals surface area contributed by atoms with Gasteiger partial charge in [0.25, 0.3) is 10.0 Å². The minimum Gasteiger partial charge on any atom is -0.475 e. The van der Waals surface area contributed by atoms with Gasteiger partial charge in [-0.25, -0.2) is 9.78 Å². The Balaban J connectivity index is 2.33. The van der Waals surface area contributed by atoms with Crippen LogP contribution in [0, 0.1) is 6.92 Å². The van der Waals surface area contributed by atoms with E-state index in [4.69, 9.17) is 21.1 Å². The second-order valence-electron chi connectivity index (χ2n) is 3.80. The lowest BCUT2D eigenvalue weighted by Crippen LogP contribution is -2.13. The lowest BCUT2D eigenvalue weighted by Gasteiger charge is -2.08. The van der Waals surface area contributed by atoms with Gasteiger partial charge in [-0.3, -0.25) is 4.72 Å². The Morgan fingerprint density at radius 2 is 2.05 bits per heavy atom. The van der Waals surface area contributed by atoms with Crippen LogP contribution in [-0.2, 0) is 10.0 Å². The Kier molecular flexibility index (Phi) is 3.69. The van der Waals surface area contributed by atoms with E-state index in [9.17, 15) is 13.2 Å². The summed E-state index contributed by atoms with van der Waals surface area (Å²) in [6, 6.07) is 4.99. The summed E-state index contributed by atoms with van der Waals surface area (Å²) < 4.78 is 31.0. The molecule has 0 amide bonds. The second kappa shape index (κ2) is 5.14. The molecule has 7 nitrogen and oxygen atoms in total. The van der Waals surface area contributed by atoms with Gasteiger partial charge >= 0.3 is 5.97 Å². The third-order valence-corrected chi connectivity index (χ3v) is 3.80. The molecule has 20 heavy (non-hydrogen) atoms. The molecule has 0 aromatic carbocycles. The molecular weight excluding hydrogens is 308 g/mol. The van der Waals surface area contributed by atoms with Gasteiger partial charge in [-0.1, -0.05) is 11.6 Å². The summed E-state index contributed by atoms with van der Waals surface area (Å²) in [6.45, 7) is 1.58. The van der Waals surface area contributed by atoms with Crippen LogP contribution in [0.4, 0.5) is 5.69 Å². The molecule has 0 aliphatic carbocycles. The van der Waals surface area contributed by atoms with Crippen molar-refractivity contribution in [1.82, 2.24) is 4.98 Å². The molecule has 0 spiro atoms. The SMILES string of the molecule is Cc1nc(Cl)ccc1NS(=O)(=O)c1ccc(C(=O)O)o1. The van der Waals surface area contributed by atoms with E-state index in [2.05, 4.69) is 9.71 Å². The predicted octanol–water partition coefficient (Wildman–Crippen LogP) is 2.14. The molecule has 0 unspecified atom stereocenters. The molecule has 9 heteroatoms. The summed E-state index contributed by atoms with van der Waals surface area (Å²) in [5, 5.41) is 8.43. The van der Waals surface area contributed by atoms with E-state index < -0.39 is 26.8 Å². The van der Waals surface area contributed by atoms with Gasteiger partial charge in [-0.2, -0.15) is 8.42 Å². The Labute approximate surface area is 119 Å². The quantitative estimate of drug-likeness (QED) is 0.836. The average Bonchev–Trinajstić information content (AvgIpc) is 2.83. The van der Waals surface area contributed by atoms with Crippen molar-refractivity contribution in [3.05, 3.63) is 40.9 Å². The van der Waals surface area contributed by atoms with E-state index in [0.29, 0.717) is 5.69 Å². The van der Waals surface area contributed by atoms with Gasteiger partial charge in [0.15, 0.2) is 0 Å². The average molecular weight is 317 g/mol. The van der Waals surface area contributed by atoms with E-state index in [-0.39, 0.29) is 10.8 Å². The molecule has 0 saturated heterocycles. The van der Waals surface area contributed by atoms with Crippen LogP contribution in [0.25, 0.3) is 0 Å². The van der Waals surface area contributed by atoms with Gasteiger partial charge in [0.05, 0.1) is 11.4 Å². The van der Waals surface area contributed by atoms with Gasteiger partial charge in [-0.15, -0.1) is 0 Å². The largest absolute Gasteiger partial charge is 0.475 e. The smallest absolute Gasteiger partial charge is 0.371 e. The third kappa shape index (κ3) is 2.91. The van der Waals surface area contributed by atoms with Crippen LogP contribution in [0.15, 0.2) is 33.8 Å². The Morgan fingerprint density at radius 3 is 2.60 bits per heavy atom. The molecule has 2 heterocycles. The second-order valence-corrected chi connectivity index (χ2v) is 5.80. The van der Waals surface area contributed by atoms with Crippen molar-refractivity contribution < 1.29 is 22.7 Å². The van der Waals surface area contributed by atoms with E-state index in [1.807, 2.05) is 0 Å². The fourth-order valence-corrected chi connectivity index (χ4v) is 2.66. The van der Waals surface area contributed by atoms with Crippen molar-refractivity contribution in [2.75, 3.05) is 4.72 Å². The monoisotopic (exact) mass is 316 g/mol. The number of aryl methyl sites for hydroxylation is 1. The highest BCUT2D eigenvalue weighted by atomic mass is 35.5. The summed E-state index contributed by atoms with van der Waals surface area (Å²) in [5.74, 6) is -1.81. The van der Waals surface area contributed by atoms with Crippen molar-refractivity contribution in [1.29, 1.82) is 0 Å². The topological polar surface area (TPSA) is 110 Å². The van der Waals surface area contributed by atoms with Crippen LogP contribution in [0.1, 0.15) is 16.2 Å². The molecule has 0 radical (unpaired) electrons. The number of halogens is 1. The zero-order valence-electron chi connectivity index (χ0n) is 10.1. The van der Waals surface area contributed by atoms with Gasteiger partial charge in [0.2, 0.25) is 10.9 Å². The molecule has 2 aromatic rings. The maximum Gasteiger partial charge on any atom is 0.371 e. The number of sulfonamides is 1. The summed E-state index contributed by atoms with van der Waals surface area (Å²) in [5.41, 5.74) is 0.605. The molecule has 0 atom stereocenters. The standard InChI is InChI=1S/C11H9ClN2O5S/c1-6-7(2-4-9(12)13-6)14-20(17,18)10-5-3-8(19-10)11(15)16/h2-5,14H,1H3,(H,15,16). The van der Waals surface area contributed by atoms with Crippen LogP contribution in [0.2, 0.25) is 5.15 Å². The van der Waals surface area contributed by atoms with E-state index in [0.717, 1.165) is 12.1 Å². The number of rotatable bonds is 4. The number of hydrogen-bond acceptors (Lipinski definition) is 5. The van der Waals surface area contributed by atoms with Crippen molar-refractivity contribution in [3.63, 3.8) is 0 Å². The fourth-order valence-electron chi connectivity index (χ4n) is 1.41. The number of carboxylic acid groups (broad SMARTS) is 1. The fraction of sp³-hybridized carbons (Fsp3) is 0.0909. The normalized spacial score (nSPS) is 11.3. The van der Waals surface area contributed by atoms with Gasteiger partial charge in [0, 0.05) is 0 Å². The van der Waals surface area contributed by atoms with Crippen LogP contribution in [-0.4, -0.2) is 24.5 Å². The molecule has 106 valence electrons. The maximum atomic E-state index is 12.0. The highest BCUT2D eigenvalue weighted by Gasteiger charge is 2.21. The number of hydrogen-bond donors (Lipinski definition) is 2. The first-order valence-electron chi connectivity index (χ1n) is 5.29. The summed E-state index contributed by atoms with van der Waals surface area (Å²) >= 11 is 5.67. The van der Waals surface area contributed by atoms with Gasteiger partial charge in [-0.05, 0) is 31.2 Å². The first-order chi connectivity index (χ1) is 9.29. The minimum absolute atomic E-state index is 0.225. The zero-order valence-corrected chi connectivity index (χ0v) is 11.7. The highest BCUT2D eigenvalue weighted by Crippen LogP contribution is 2.21. The summed E-state index contributed by atoms with van der Waals surface area (Å²) in [4.78, 5) is 14.6. The first-order valence-corrected chi connectivity index (χ1v) is 7.15. The number of anilines is 1. The number of carboxylic acids is 1. The van der Waals surface area contributed by atoms with Crippen LogP contribution >= 0.6 is 11.6 Å². The maximum absolute atomic E-state index is 12.0. The number of aromatic nitrogens is 1. The lowest BCUT2D eigenvalue weighted by molar-refractivity contribution is 0.0656. The highest BCUT2D eigenvalue weighted by molar-refractivity contribution is 7.92. The van der Waals surface area contributed by atoms with E-state index in [1.54, 1.807) is 6.92 Å². The number of furan rings is 1. The van der Waals surface area contributed by atoms with Crippen molar-refractivity contribution in [2.24, 2.45) is 0 Å². The molecule has 0 aliphatic rings. The van der Waals surface area contributed by atoms with E-state index in [1.165, 1.54) is 12.1 Å². The van der Waals surface area contributed by atoms with Crippen LogP contribution < -0.4 is 4.72 Å². The predicted molar refractivity (Wildman–Crippen MR) is 70.5 cm³/mol. The molecule has 2 N–H and O–H groups in total. The minimum atomic E-state index is -4.02. The Morgan fingerprint density at radius 1 is 1.35 bits per heavy atom. The number of nitrogens with one attached hydrogen (secondary N) is 1. The first kappa shape index (κ1) is 14.4. The third-order valence-electron chi connectivity index (χ3n) is 2.35. The zero-order chi connectivity index (χ0) is 14.9. The summed E-state index contributed by atoms with van der Waals surface area (Å²) in [6.07, 6.45) is 0. The Hall–Kier alpha value is -2.06. The molecular formula is C11H9ClN2O5S. The molecule has 2 rings (SSSR count). The van der Waals surface area contributed by atoms with Gasteiger partial charge in [0.1, 0.15) is 5.15 Å². The summed E-state index contributed by atoms with van der Waals surface area (Å²) in [7, 11) is -4.02. The molecule has 0 fully saturated rings. The number of carbonyl (C=O) groups is 1. The number of aromatic carboxylic acids is 1. The molecule has 0 bridgehead atoms. The molecule has 2 aromatic heterocycles. The van der Waals surface area contributed by atoms with E-state index >= 15 is 0 Å². The van der Waals surface area contributed by atoms with Crippen molar-refractivity contribution >= 4 is 33.3 Å². The number of nitrogens with zero attached hydrogens (tertiary/aromatic N) is 1. The van der Waals surface area contributed by atoms with Crippen LogP contribution in [0.5, 0.6) is 0 Å². The van der Waals surface area contributed by atoms with Crippen LogP contribution in [0.3, 0.4) is 0 Å². The lowest BCUT2D eigenvalue weighted by atomic mass is 10.3. The number of pyridine rings is 1. The van der Waals surface area contributed by atoms with Gasteiger partial charge < -0.3 is 9.52 Å².